The molecule has 125 valence electrons. The first-order valence-electron chi connectivity index (χ1n) is 7.58. The number of aromatic hydroxyl groups is 1. The van der Waals surface area contributed by atoms with Crippen molar-refractivity contribution in [3.8, 4) is 5.75 Å². The minimum absolute atomic E-state index is 0.0625. The van der Waals surface area contributed by atoms with Gasteiger partial charge in [0.1, 0.15) is 5.75 Å². The molecule has 4 heteroatoms. The van der Waals surface area contributed by atoms with Crippen LogP contribution in [0.4, 0.5) is 0 Å². The first kappa shape index (κ1) is 21.4. The zero-order valence-electron chi connectivity index (χ0n) is 14.7. The van der Waals surface area contributed by atoms with Gasteiger partial charge in [-0.05, 0) is 49.5 Å². The molecule has 0 bridgehead atoms. The van der Waals surface area contributed by atoms with Crippen LogP contribution >= 0.6 is 18.6 Å². The Morgan fingerprint density at radius 1 is 0.913 bits per heavy atom. The molecule has 1 saturated carbocycles. The van der Waals surface area contributed by atoms with E-state index in [0.29, 0.717) is 5.75 Å². The molecule has 0 heterocycles. The van der Waals surface area contributed by atoms with E-state index < -0.39 is 17.0 Å². The molecule has 1 aliphatic rings. The summed E-state index contributed by atoms with van der Waals surface area (Å²) in [4.78, 5) is 0. The van der Waals surface area contributed by atoms with Crippen LogP contribution in [0.2, 0.25) is 0 Å². The number of rotatable bonds is 2. The van der Waals surface area contributed by atoms with Gasteiger partial charge in [-0.15, -0.1) is 0 Å². The van der Waals surface area contributed by atoms with Crippen molar-refractivity contribution >= 4 is 18.6 Å². The van der Waals surface area contributed by atoms with Crippen molar-refractivity contribution in [2.45, 2.75) is 52.4 Å². The van der Waals surface area contributed by atoms with Crippen LogP contribution < -0.4 is 0 Å². The maximum atomic E-state index is 10.8. The van der Waals surface area contributed by atoms with Crippen LogP contribution in [-0.2, 0) is 27.9 Å². The Bertz CT molecular complexity index is 515. The Labute approximate surface area is 158 Å². The number of aryl methyl sites for hydroxylation is 1. The summed E-state index contributed by atoms with van der Waals surface area (Å²) in [5, 5.41) is 10.8. The van der Waals surface area contributed by atoms with Gasteiger partial charge >= 0.3 is 35.6 Å². The summed E-state index contributed by atoms with van der Waals surface area (Å²) >= 11 is -0.556. The van der Waals surface area contributed by atoms with Crippen molar-refractivity contribution in [2.75, 3.05) is 0 Å². The first-order chi connectivity index (χ1) is 10.6. The fraction of sp³-hybridized carbons (Fsp3) is 0.421. The van der Waals surface area contributed by atoms with E-state index in [1.165, 1.54) is 11.5 Å². The number of hydrogen-bond donors (Lipinski definition) is 1. The zero-order chi connectivity index (χ0) is 17.8. The molecule has 0 amide bonds. The van der Waals surface area contributed by atoms with E-state index in [4.69, 9.17) is 18.6 Å². The van der Waals surface area contributed by atoms with Crippen molar-refractivity contribution in [3.63, 3.8) is 0 Å². The molecule has 5 radical (unpaired) electrons. The summed E-state index contributed by atoms with van der Waals surface area (Å²) in [6, 6.07) is 4.21. The van der Waals surface area contributed by atoms with E-state index >= 15 is 0 Å². The van der Waals surface area contributed by atoms with E-state index in [2.05, 4.69) is 79.4 Å². The van der Waals surface area contributed by atoms with Crippen LogP contribution in [0.1, 0.15) is 51.3 Å². The molecule has 1 N–H and O–H groups in total. The minimum atomic E-state index is -0.556. The molecule has 0 aliphatic heterocycles. The molecular formula is C19H25Cl2OTi. The van der Waals surface area contributed by atoms with Gasteiger partial charge in [0.2, 0.25) is 0 Å². The van der Waals surface area contributed by atoms with Gasteiger partial charge in [0, 0.05) is 11.0 Å². The summed E-state index contributed by atoms with van der Waals surface area (Å²) in [6.07, 6.45) is 8.35. The van der Waals surface area contributed by atoms with Crippen molar-refractivity contribution < 1.29 is 22.1 Å². The van der Waals surface area contributed by atoms with E-state index in [1.54, 1.807) is 0 Å². The second-order valence-electron chi connectivity index (χ2n) is 7.33. The fourth-order valence-electron chi connectivity index (χ4n) is 2.77. The SMILES string of the molecule is Cc1cc(C(C)(C)C)c(O)c(C(C)(C)[C]2[CH][CH][CH][CH]2)c1.[Cl][Ti][Cl]. The molecule has 0 spiro atoms. The summed E-state index contributed by atoms with van der Waals surface area (Å²) in [5.74, 6) is 1.67. The topological polar surface area (TPSA) is 20.2 Å². The normalized spacial score (nSPS) is 16.0. The van der Waals surface area contributed by atoms with Gasteiger partial charge in [-0.3, -0.25) is 0 Å². The standard InChI is InChI=1S/C19H25O.2ClH.Ti/c1-13-11-15(18(2,3)4)17(20)16(12-13)19(5,6)14-9-7-8-10-14;;;/h7-12,20H,1-6H3;2*1H;/q;;;+2/p-2. The monoisotopic (exact) mass is 387 g/mol. The molecule has 0 unspecified atom stereocenters. The molecule has 0 atom stereocenters. The predicted octanol–water partition coefficient (Wildman–Crippen LogP) is 6.06. The third-order valence-electron chi connectivity index (χ3n) is 4.12. The predicted molar refractivity (Wildman–Crippen MR) is 96.7 cm³/mol. The van der Waals surface area contributed by atoms with Crippen LogP contribution in [0.3, 0.4) is 0 Å². The average Bonchev–Trinajstić information content (AvgIpc) is 2.95. The molecule has 1 aromatic carbocycles. The van der Waals surface area contributed by atoms with Crippen LogP contribution in [-0.4, -0.2) is 5.11 Å². The average molecular weight is 388 g/mol. The van der Waals surface area contributed by atoms with Gasteiger partial charge < -0.3 is 5.11 Å². The van der Waals surface area contributed by atoms with Crippen molar-refractivity contribution in [3.05, 3.63) is 60.4 Å². The van der Waals surface area contributed by atoms with E-state index in [1.807, 2.05) is 0 Å². The molecule has 0 aromatic heterocycles. The molecule has 2 rings (SSSR count). The molecule has 0 saturated heterocycles. The Balaban J connectivity index is 0.000000816. The summed E-state index contributed by atoms with van der Waals surface area (Å²) in [5.41, 5.74) is 2.97. The number of phenols is 1. The van der Waals surface area contributed by atoms with E-state index in [0.717, 1.165) is 11.1 Å². The number of benzene rings is 1. The summed E-state index contributed by atoms with van der Waals surface area (Å²) in [6.45, 7) is 12.9. The Kier molecular flexibility index (Phi) is 7.99. The van der Waals surface area contributed by atoms with Crippen LogP contribution in [0.5, 0.6) is 5.75 Å². The number of hydrogen-bond acceptors (Lipinski definition) is 1. The van der Waals surface area contributed by atoms with Gasteiger partial charge in [0.25, 0.3) is 0 Å². The molecule has 23 heavy (non-hydrogen) atoms. The number of halogens is 2. The van der Waals surface area contributed by atoms with Crippen molar-refractivity contribution in [1.29, 1.82) is 0 Å². The third kappa shape index (κ3) is 5.39. The molecular weight excluding hydrogens is 363 g/mol. The van der Waals surface area contributed by atoms with Crippen LogP contribution in [0.15, 0.2) is 12.1 Å². The molecule has 1 nitrogen and oxygen atoms in total. The van der Waals surface area contributed by atoms with Gasteiger partial charge in [0.05, 0.1) is 0 Å². The number of phenolic OH excluding ortho intramolecular Hbond substituents is 1. The van der Waals surface area contributed by atoms with Gasteiger partial charge in [-0.2, -0.15) is 0 Å². The molecule has 1 aromatic rings. The van der Waals surface area contributed by atoms with Gasteiger partial charge in [-0.1, -0.05) is 52.3 Å². The summed E-state index contributed by atoms with van der Waals surface area (Å²) in [7, 11) is 9.78. The van der Waals surface area contributed by atoms with E-state index in [9.17, 15) is 5.11 Å². The zero-order valence-corrected chi connectivity index (χ0v) is 17.7. The third-order valence-corrected chi connectivity index (χ3v) is 4.12. The summed E-state index contributed by atoms with van der Waals surface area (Å²) < 4.78 is 0. The Morgan fingerprint density at radius 2 is 1.35 bits per heavy atom. The first-order valence-corrected chi connectivity index (χ1v) is 11.9. The van der Waals surface area contributed by atoms with Crippen molar-refractivity contribution in [1.82, 2.24) is 0 Å². The van der Waals surface area contributed by atoms with Crippen LogP contribution in [0, 0.1) is 38.5 Å². The van der Waals surface area contributed by atoms with Gasteiger partial charge in [0.15, 0.2) is 0 Å². The molecule has 1 aliphatic carbocycles. The maximum absolute atomic E-state index is 10.8. The van der Waals surface area contributed by atoms with Crippen molar-refractivity contribution in [2.24, 2.45) is 0 Å². The van der Waals surface area contributed by atoms with Crippen LogP contribution in [0.25, 0.3) is 0 Å². The van der Waals surface area contributed by atoms with E-state index in [-0.39, 0.29) is 10.8 Å². The Morgan fingerprint density at radius 3 is 1.78 bits per heavy atom. The second kappa shape index (κ2) is 8.61. The Hall–Kier alpha value is 0.314. The molecule has 1 fully saturated rings. The fourth-order valence-corrected chi connectivity index (χ4v) is 2.77. The quantitative estimate of drug-likeness (QED) is 0.611. The second-order valence-corrected chi connectivity index (χ2v) is 9.91. The van der Waals surface area contributed by atoms with Gasteiger partial charge in [-0.25, -0.2) is 0 Å².